The smallest absolute Gasteiger partial charge is 0.325 e. The van der Waals surface area contributed by atoms with Gasteiger partial charge in [0.25, 0.3) is 5.91 Å². The number of imide groups is 1. The van der Waals surface area contributed by atoms with Crippen molar-refractivity contribution in [2.75, 3.05) is 32.7 Å². The number of carbonyl (C=O) groups is 3. The van der Waals surface area contributed by atoms with E-state index in [2.05, 4.69) is 10.6 Å². The maximum atomic E-state index is 12.5. The number of amides is 4. The lowest BCUT2D eigenvalue weighted by Crippen LogP contribution is -2.46. The van der Waals surface area contributed by atoms with Crippen LogP contribution < -0.4 is 10.6 Å². The summed E-state index contributed by atoms with van der Waals surface area (Å²) in [6.45, 7) is 2.84. The summed E-state index contributed by atoms with van der Waals surface area (Å²) in [7, 11) is 0. The standard InChI is InChI=1S/C14H22N4O3.ClH/c19-11(17-8-3-6-15-7-9-17)10-18-12(20)14(16-13(18)21)4-1-2-5-14;/h15H,1-10H2,(H,16,21);1H. The molecular formula is C14H23ClN4O3. The van der Waals surface area contributed by atoms with Crippen LogP contribution in [0.3, 0.4) is 0 Å². The zero-order valence-corrected chi connectivity index (χ0v) is 13.4. The third kappa shape index (κ3) is 3.05. The highest BCUT2D eigenvalue weighted by atomic mass is 35.5. The number of rotatable bonds is 2. The number of halogens is 1. The number of carbonyl (C=O) groups excluding carboxylic acids is 3. The van der Waals surface area contributed by atoms with Gasteiger partial charge in [-0.3, -0.25) is 14.5 Å². The molecular weight excluding hydrogens is 308 g/mol. The summed E-state index contributed by atoms with van der Waals surface area (Å²) in [5.41, 5.74) is -0.724. The highest BCUT2D eigenvalue weighted by molar-refractivity contribution is 6.09. The van der Waals surface area contributed by atoms with Gasteiger partial charge in [0, 0.05) is 19.6 Å². The van der Waals surface area contributed by atoms with Crippen LogP contribution in [0.4, 0.5) is 4.79 Å². The molecule has 1 aliphatic carbocycles. The molecule has 1 saturated carbocycles. The number of hydrogen-bond donors (Lipinski definition) is 2. The average molecular weight is 331 g/mol. The van der Waals surface area contributed by atoms with Crippen molar-refractivity contribution in [1.82, 2.24) is 20.4 Å². The van der Waals surface area contributed by atoms with Gasteiger partial charge in [0.05, 0.1) is 0 Å². The van der Waals surface area contributed by atoms with Gasteiger partial charge in [-0.05, 0) is 25.8 Å². The molecule has 0 radical (unpaired) electrons. The maximum absolute atomic E-state index is 12.5. The topological polar surface area (TPSA) is 81.8 Å². The molecule has 0 atom stereocenters. The van der Waals surface area contributed by atoms with Crippen LogP contribution in [-0.2, 0) is 9.59 Å². The van der Waals surface area contributed by atoms with E-state index in [1.54, 1.807) is 4.90 Å². The van der Waals surface area contributed by atoms with E-state index in [1.165, 1.54) is 0 Å². The fraction of sp³-hybridized carbons (Fsp3) is 0.786. The summed E-state index contributed by atoms with van der Waals surface area (Å²) in [6.07, 6.45) is 4.18. The van der Waals surface area contributed by atoms with E-state index in [-0.39, 0.29) is 30.8 Å². The maximum Gasteiger partial charge on any atom is 0.325 e. The minimum Gasteiger partial charge on any atom is -0.340 e. The van der Waals surface area contributed by atoms with E-state index >= 15 is 0 Å². The van der Waals surface area contributed by atoms with Crippen molar-refractivity contribution in [1.29, 1.82) is 0 Å². The van der Waals surface area contributed by atoms with Crippen LogP contribution in [0, 0.1) is 0 Å². The van der Waals surface area contributed by atoms with Crippen LogP contribution in [0.15, 0.2) is 0 Å². The highest BCUT2D eigenvalue weighted by Crippen LogP contribution is 2.34. The molecule has 0 aromatic rings. The van der Waals surface area contributed by atoms with Crippen molar-refractivity contribution in [2.24, 2.45) is 0 Å². The first-order valence-corrected chi connectivity index (χ1v) is 7.75. The highest BCUT2D eigenvalue weighted by Gasteiger charge is 2.52. The van der Waals surface area contributed by atoms with Gasteiger partial charge in [-0.25, -0.2) is 4.79 Å². The Morgan fingerprint density at radius 1 is 1.09 bits per heavy atom. The number of nitrogens with one attached hydrogen (secondary N) is 2. The predicted octanol–water partition coefficient (Wildman–Crippen LogP) is 0.0947. The van der Waals surface area contributed by atoms with E-state index in [9.17, 15) is 14.4 Å². The second-order valence-electron chi connectivity index (χ2n) is 6.10. The largest absolute Gasteiger partial charge is 0.340 e. The number of nitrogens with zero attached hydrogens (tertiary/aromatic N) is 2. The van der Waals surface area contributed by atoms with Crippen molar-refractivity contribution in [2.45, 2.75) is 37.6 Å². The van der Waals surface area contributed by atoms with Gasteiger partial charge in [-0.2, -0.15) is 0 Å². The third-order valence-corrected chi connectivity index (χ3v) is 4.69. The summed E-state index contributed by atoms with van der Waals surface area (Å²) in [5, 5.41) is 6.03. The summed E-state index contributed by atoms with van der Waals surface area (Å²) in [5.74, 6) is -0.358. The Hall–Kier alpha value is -1.34. The quantitative estimate of drug-likeness (QED) is 0.703. The molecule has 2 saturated heterocycles. The summed E-state index contributed by atoms with van der Waals surface area (Å²) in [4.78, 5) is 39.7. The van der Waals surface area contributed by atoms with Crippen molar-refractivity contribution >= 4 is 30.3 Å². The van der Waals surface area contributed by atoms with Gasteiger partial charge in [-0.15, -0.1) is 12.4 Å². The molecule has 0 aromatic heterocycles. The number of hydrogen-bond acceptors (Lipinski definition) is 4. The first-order valence-electron chi connectivity index (χ1n) is 7.75. The molecule has 0 bridgehead atoms. The van der Waals surface area contributed by atoms with Gasteiger partial charge in [-0.1, -0.05) is 12.8 Å². The zero-order valence-electron chi connectivity index (χ0n) is 12.6. The molecule has 8 heteroatoms. The predicted molar refractivity (Wildman–Crippen MR) is 82.8 cm³/mol. The van der Waals surface area contributed by atoms with Crippen LogP contribution in [0.25, 0.3) is 0 Å². The Labute approximate surface area is 136 Å². The van der Waals surface area contributed by atoms with Crippen LogP contribution in [-0.4, -0.2) is 65.9 Å². The van der Waals surface area contributed by atoms with Gasteiger partial charge in [0.2, 0.25) is 5.91 Å². The van der Waals surface area contributed by atoms with Crippen molar-refractivity contribution in [3.8, 4) is 0 Å². The molecule has 3 fully saturated rings. The molecule has 2 N–H and O–H groups in total. The fourth-order valence-electron chi connectivity index (χ4n) is 3.47. The molecule has 2 aliphatic heterocycles. The van der Waals surface area contributed by atoms with E-state index in [1.807, 2.05) is 0 Å². The second kappa shape index (κ2) is 6.83. The van der Waals surface area contributed by atoms with Gasteiger partial charge < -0.3 is 15.5 Å². The van der Waals surface area contributed by atoms with Crippen LogP contribution in [0.5, 0.6) is 0 Å². The normalized spacial score (nSPS) is 24.2. The molecule has 124 valence electrons. The van der Waals surface area contributed by atoms with Crippen molar-refractivity contribution in [3.05, 3.63) is 0 Å². The summed E-state index contributed by atoms with van der Waals surface area (Å²) >= 11 is 0. The number of urea groups is 1. The van der Waals surface area contributed by atoms with E-state index < -0.39 is 11.6 Å². The SMILES string of the molecule is Cl.O=C(CN1C(=O)NC2(CCCC2)C1=O)N1CCCNCC1. The molecule has 2 heterocycles. The molecule has 22 heavy (non-hydrogen) atoms. The molecule has 0 aromatic carbocycles. The van der Waals surface area contributed by atoms with E-state index in [4.69, 9.17) is 0 Å². The Kier molecular flexibility index (Phi) is 5.28. The monoisotopic (exact) mass is 330 g/mol. The van der Waals surface area contributed by atoms with Crippen molar-refractivity contribution < 1.29 is 14.4 Å². The summed E-state index contributed by atoms with van der Waals surface area (Å²) in [6, 6.07) is -0.414. The van der Waals surface area contributed by atoms with E-state index in [0.29, 0.717) is 25.9 Å². The van der Waals surface area contributed by atoms with Crippen LogP contribution in [0.2, 0.25) is 0 Å². The molecule has 3 rings (SSSR count). The molecule has 1 spiro atoms. The first kappa shape index (κ1) is 17.0. The Morgan fingerprint density at radius 3 is 2.55 bits per heavy atom. The minimum absolute atomic E-state index is 0. The lowest BCUT2D eigenvalue weighted by atomic mass is 9.98. The zero-order chi connectivity index (χ0) is 14.9. The van der Waals surface area contributed by atoms with Crippen LogP contribution in [0.1, 0.15) is 32.1 Å². The fourth-order valence-corrected chi connectivity index (χ4v) is 3.47. The lowest BCUT2D eigenvalue weighted by molar-refractivity contribution is -0.138. The molecule has 3 aliphatic rings. The summed E-state index contributed by atoms with van der Waals surface area (Å²) < 4.78 is 0. The van der Waals surface area contributed by atoms with Gasteiger partial charge >= 0.3 is 6.03 Å². The average Bonchev–Trinajstić information content (AvgIpc) is 2.88. The molecule has 0 unspecified atom stereocenters. The minimum atomic E-state index is -0.724. The molecule has 7 nitrogen and oxygen atoms in total. The Morgan fingerprint density at radius 2 is 1.82 bits per heavy atom. The third-order valence-electron chi connectivity index (χ3n) is 4.69. The second-order valence-corrected chi connectivity index (χ2v) is 6.10. The Balaban J connectivity index is 0.00000176. The Bertz CT molecular complexity index is 457. The van der Waals surface area contributed by atoms with Crippen LogP contribution >= 0.6 is 12.4 Å². The lowest BCUT2D eigenvalue weighted by Gasteiger charge is -2.23. The molecule has 4 amide bonds. The van der Waals surface area contributed by atoms with Gasteiger partial charge in [0.1, 0.15) is 12.1 Å². The first-order chi connectivity index (χ1) is 10.1. The van der Waals surface area contributed by atoms with Gasteiger partial charge in [0.15, 0.2) is 0 Å². The van der Waals surface area contributed by atoms with Crippen molar-refractivity contribution in [3.63, 3.8) is 0 Å². The van der Waals surface area contributed by atoms with E-state index in [0.717, 1.165) is 37.3 Å².